The van der Waals surface area contributed by atoms with Crippen LogP contribution in [0.5, 0.6) is 0 Å². The fraction of sp³-hybridized carbons (Fsp3) is 0.636. The van der Waals surface area contributed by atoms with E-state index in [0.717, 1.165) is 31.6 Å². The van der Waals surface area contributed by atoms with Gasteiger partial charge in [0.05, 0.1) is 6.10 Å². The zero-order valence-electron chi connectivity index (χ0n) is 8.40. The highest BCUT2D eigenvalue weighted by atomic mass is 32.1. The highest BCUT2D eigenvalue weighted by Crippen LogP contribution is 2.33. The van der Waals surface area contributed by atoms with Crippen molar-refractivity contribution in [3.05, 3.63) is 21.9 Å². The molecule has 78 valence electrons. The van der Waals surface area contributed by atoms with Crippen LogP contribution < -0.4 is 0 Å². The average molecular weight is 212 g/mol. The van der Waals surface area contributed by atoms with E-state index in [4.69, 9.17) is 4.74 Å². The van der Waals surface area contributed by atoms with Crippen molar-refractivity contribution in [1.82, 2.24) is 0 Å². The van der Waals surface area contributed by atoms with Gasteiger partial charge in [0, 0.05) is 18.1 Å². The molecule has 1 saturated heterocycles. The van der Waals surface area contributed by atoms with E-state index < -0.39 is 0 Å². The summed E-state index contributed by atoms with van der Waals surface area (Å²) in [5, 5.41) is 12.2. The van der Waals surface area contributed by atoms with Crippen LogP contribution in [0, 0.1) is 12.8 Å². The summed E-state index contributed by atoms with van der Waals surface area (Å²) in [4.78, 5) is 1.24. The maximum Gasteiger partial charge on any atom is 0.0830 e. The first kappa shape index (κ1) is 10.1. The van der Waals surface area contributed by atoms with Crippen LogP contribution in [0.1, 0.15) is 29.4 Å². The molecule has 1 atom stereocenters. The van der Waals surface area contributed by atoms with E-state index >= 15 is 0 Å². The number of aliphatic hydroxyl groups is 1. The van der Waals surface area contributed by atoms with Gasteiger partial charge in [0.25, 0.3) is 0 Å². The molecule has 1 aromatic heterocycles. The third kappa shape index (κ3) is 2.00. The Bertz CT molecular complexity index is 289. The molecule has 1 fully saturated rings. The molecule has 0 radical (unpaired) electrons. The van der Waals surface area contributed by atoms with Crippen LogP contribution in [0.3, 0.4) is 0 Å². The Morgan fingerprint density at radius 3 is 2.79 bits per heavy atom. The van der Waals surface area contributed by atoms with Gasteiger partial charge in [0.2, 0.25) is 0 Å². The van der Waals surface area contributed by atoms with Crippen molar-refractivity contribution < 1.29 is 9.84 Å². The number of aliphatic hydroxyl groups excluding tert-OH is 1. The second kappa shape index (κ2) is 4.43. The minimum atomic E-state index is -0.287. The average Bonchev–Trinajstić information content (AvgIpc) is 2.65. The van der Waals surface area contributed by atoms with Crippen molar-refractivity contribution >= 4 is 11.3 Å². The largest absolute Gasteiger partial charge is 0.388 e. The summed E-state index contributed by atoms with van der Waals surface area (Å²) in [5.41, 5.74) is 1.11. The topological polar surface area (TPSA) is 29.5 Å². The van der Waals surface area contributed by atoms with Gasteiger partial charge in [0.1, 0.15) is 0 Å². The lowest BCUT2D eigenvalue weighted by atomic mass is 9.90. The predicted molar refractivity (Wildman–Crippen MR) is 57.6 cm³/mol. The standard InChI is InChI=1S/C11H16O2S/c1-8-10(4-7-14-8)11(12)9-2-5-13-6-3-9/h4,7,9,11-12H,2-3,5-6H2,1H3. The lowest BCUT2D eigenvalue weighted by molar-refractivity contribution is 0.00714. The Labute approximate surface area is 88.5 Å². The molecular formula is C11H16O2S. The van der Waals surface area contributed by atoms with Crippen LogP contribution in [0.25, 0.3) is 0 Å². The number of ether oxygens (including phenoxy) is 1. The summed E-state index contributed by atoms with van der Waals surface area (Å²) in [6, 6.07) is 2.04. The Morgan fingerprint density at radius 1 is 1.50 bits per heavy atom. The van der Waals surface area contributed by atoms with Gasteiger partial charge in [-0.3, -0.25) is 0 Å². The van der Waals surface area contributed by atoms with Gasteiger partial charge < -0.3 is 9.84 Å². The van der Waals surface area contributed by atoms with Gasteiger partial charge in [-0.1, -0.05) is 0 Å². The van der Waals surface area contributed by atoms with Crippen LogP contribution in [0.4, 0.5) is 0 Å². The van der Waals surface area contributed by atoms with E-state index in [-0.39, 0.29) is 6.10 Å². The van der Waals surface area contributed by atoms with Crippen molar-refractivity contribution in [3.8, 4) is 0 Å². The lowest BCUT2D eigenvalue weighted by Crippen LogP contribution is -2.22. The van der Waals surface area contributed by atoms with Crippen LogP contribution in [0.2, 0.25) is 0 Å². The van der Waals surface area contributed by atoms with Gasteiger partial charge in [-0.25, -0.2) is 0 Å². The van der Waals surface area contributed by atoms with E-state index in [9.17, 15) is 5.11 Å². The molecule has 14 heavy (non-hydrogen) atoms. The summed E-state index contributed by atoms with van der Waals surface area (Å²) in [7, 11) is 0. The van der Waals surface area contributed by atoms with E-state index in [1.807, 2.05) is 11.4 Å². The van der Waals surface area contributed by atoms with Crippen molar-refractivity contribution in [1.29, 1.82) is 0 Å². The summed E-state index contributed by atoms with van der Waals surface area (Å²) in [6.45, 7) is 3.67. The monoisotopic (exact) mass is 212 g/mol. The molecule has 1 unspecified atom stereocenters. The number of hydrogen-bond acceptors (Lipinski definition) is 3. The van der Waals surface area contributed by atoms with Gasteiger partial charge in [-0.2, -0.15) is 0 Å². The molecule has 1 aliphatic rings. The molecule has 2 nitrogen and oxygen atoms in total. The Balaban J connectivity index is 2.07. The van der Waals surface area contributed by atoms with Crippen molar-refractivity contribution in [3.63, 3.8) is 0 Å². The fourth-order valence-electron chi connectivity index (χ4n) is 1.99. The quantitative estimate of drug-likeness (QED) is 0.816. The molecular weight excluding hydrogens is 196 g/mol. The summed E-state index contributed by atoms with van der Waals surface area (Å²) >= 11 is 1.71. The number of aryl methyl sites for hydroxylation is 1. The molecule has 0 bridgehead atoms. The molecule has 0 amide bonds. The highest BCUT2D eigenvalue weighted by Gasteiger charge is 2.24. The molecule has 2 heterocycles. The molecule has 0 spiro atoms. The summed E-state index contributed by atoms with van der Waals surface area (Å²) in [5.74, 6) is 0.386. The fourth-order valence-corrected chi connectivity index (χ4v) is 2.73. The molecule has 2 rings (SSSR count). The number of rotatable bonds is 2. The van der Waals surface area contributed by atoms with Crippen LogP contribution in [0.15, 0.2) is 11.4 Å². The van der Waals surface area contributed by atoms with Crippen molar-refractivity contribution in [2.75, 3.05) is 13.2 Å². The van der Waals surface area contributed by atoms with E-state index in [2.05, 4.69) is 6.92 Å². The normalized spacial score (nSPS) is 21.0. The van der Waals surface area contributed by atoms with Gasteiger partial charge >= 0.3 is 0 Å². The predicted octanol–water partition coefficient (Wildman–Crippen LogP) is 2.52. The zero-order valence-corrected chi connectivity index (χ0v) is 9.22. The zero-order chi connectivity index (χ0) is 9.97. The van der Waals surface area contributed by atoms with Gasteiger partial charge in [0.15, 0.2) is 0 Å². The Hall–Kier alpha value is -0.380. The van der Waals surface area contributed by atoms with Crippen molar-refractivity contribution in [2.24, 2.45) is 5.92 Å². The first-order valence-corrected chi connectivity index (χ1v) is 5.97. The summed E-state index contributed by atoms with van der Waals surface area (Å²) < 4.78 is 5.29. The second-order valence-electron chi connectivity index (χ2n) is 3.83. The number of hydrogen-bond donors (Lipinski definition) is 1. The third-order valence-electron chi connectivity index (χ3n) is 2.93. The lowest BCUT2D eigenvalue weighted by Gasteiger charge is -2.26. The van der Waals surface area contributed by atoms with E-state index in [0.29, 0.717) is 5.92 Å². The van der Waals surface area contributed by atoms with Gasteiger partial charge in [-0.05, 0) is 42.7 Å². The maximum absolute atomic E-state index is 10.2. The first-order chi connectivity index (χ1) is 6.79. The Kier molecular flexibility index (Phi) is 3.21. The van der Waals surface area contributed by atoms with E-state index in [1.54, 1.807) is 11.3 Å². The van der Waals surface area contributed by atoms with Crippen LogP contribution in [-0.4, -0.2) is 18.3 Å². The smallest absolute Gasteiger partial charge is 0.0830 e. The second-order valence-corrected chi connectivity index (χ2v) is 4.95. The maximum atomic E-state index is 10.2. The van der Waals surface area contributed by atoms with Crippen LogP contribution in [-0.2, 0) is 4.74 Å². The molecule has 0 saturated carbocycles. The SMILES string of the molecule is Cc1sccc1C(O)C1CCOCC1. The third-order valence-corrected chi connectivity index (χ3v) is 3.79. The van der Waals surface area contributed by atoms with Gasteiger partial charge in [-0.15, -0.1) is 11.3 Å². The summed E-state index contributed by atoms with van der Waals surface area (Å²) in [6.07, 6.45) is 1.68. The molecule has 1 N–H and O–H groups in total. The van der Waals surface area contributed by atoms with E-state index in [1.165, 1.54) is 4.88 Å². The van der Waals surface area contributed by atoms with Crippen LogP contribution >= 0.6 is 11.3 Å². The van der Waals surface area contributed by atoms with Crippen molar-refractivity contribution in [2.45, 2.75) is 25.9 Å². The molecule has 0 aromatic carbocycles. The molecule has 3 heteroatoms. The minimum Gasteiger partial charge on any atom is -0.388 e. The molecule has 1 aliphatic heterocycles. The first-order valence-electron chi connectivity index (χ1n) is 5.09. The highest BCUT2D eigenvalue weighted by molar-refractivity contribution is 7.10. The molecule has 0 aliphatic carbocycles. The molecule has 1 aromatic rings. The Morgan fingerprint density at radius 2 is 2.21 bits per heavy atom. The number of thiophene rings is 1. The minimum absolute atomic E-state index is 0.287.